The maximum absolute atomic E-state index is 4.11. The zero-order chi connectivity index (χ0) is 11.5. The highest BCUT2D eigenvalue weighted by Gasteiger charge is 2.02. The second kappa shape index (κ2) is 4.21. The highest BCUT2D eigenvalue weighted by molar-refractivity contribution is 5.90. The van der Waals surface area contributed by atoms with E-state index in [9.17, 15) is 0 Å². The zero-order valence-electron chi connectivity index (χ0n) is 9.09. The molecule has 0 radical (unpaired) electrons. The molecule has 0 aliphatic heterocycles. The number of benzene rings is 1. The summed E-state index contributed by atoms with van der Waals surface area (Å²) in [6.45, 7) is 0.655. The number of imidazole rings is 1. The number of anilines is 1. The molecule has 3 rings (SSSR count). The van der Waals surface area contributed by atoms with E-state index >= 15 is 0 Å². The Morgan fingerprint density at radius 2 is 2.12 bits per heavy atom. The molecule has 1 aromatic carbocycles. The Hall–Kier alpha value is -2.43. The standard InChI is InChI=1S/C12H11N5/c1-2-4-11-9(3-1)5-16-17-12(11)14-7-10-6-13-8-15-10/h1-6,8H,7H2,(H,13,15)(H,14,17). The fourth-order valence-electron chi connectivity index (χ4n) is 1.72. The van der Waals surface area contributed by atoms with Crippen LogP contribution < -0.4 is 5.32 Å². The van der Waals surface area contributed by atoms with Gasteiger partial charge in [-0.3, -0.25) is 0 Å². The Morgan fingerprint density at radius 1 is 1.18 bits per heavy atom. The van der Waals surface area contributed by atoms with Gasteiger partial charge in [0.05, 0.1) is 24.8 Å². The van der Waals surface area contributed by atoms with Crippen molar-refractivity contribution in [3.8, 4) is 0 Å². The van der Waals surface area contributed by atoms with Crippen LogP contribution >= 0.6 is 0 Å². The summed E-state index contributed by atoms with van der Waals surface area (Å²) in [6, 6.07) is 8.03. The van der Waals surface area contributed by atoms with Crippen LogP contribution in [-0.4, -0.2) is 20.2 Å². The summed E-state index contributed by atoms with van der Waals surface area (Å²) in [7, 11) is 0. The van der Waals surface area contributed by atoms with Crippen molar-refractivity contribution in [2.75, 3.05) is 5.32 Å². The molecule has 3 aromatic rings. The van der Waals surface area contributed by atoms with Crippen LogP contribution in [0.4, 0.5) is 5.82 Å². The third kappa shape index (κ3) is 1.94. The zero-order valence-corrected chi connectivity index (χ0v) is 9.09. The van der Waals surface area contributed by atoms with Crippen LogP contribution in [0.3, 0.4) is 0 Å². The predicted octanol–water partition coefficient (Wildman–Crippen LogP) is 1.96. The highest BCUT2D eigenvalue weighted by Crippen LogP contribution is 2.19. The van der Waals surface area contributed by atoms with Crippen molar-refractivity contribution in [3.63, 3.8) is 0 Å². The van der Waals surface area contributed by atoms with Crippen LogP contribution in [0.2, 0.25) is 0 Å². The molecule has 0 bridgehead atoms. The predicted molar refractivity (Wildman–Crippen MR) is 65.5 cm³/mol. The van der Waals surface area contributed by atoms with Crippen LogP contribution in [0.25, 0.3) is 10.8 Å². The van der Waals surface area contributed by atoms with E-state index in [4.69, 9.17) is 0 Å². The van der Waals surface area contributed by atoms with E-state index in [0.717, 1.165) is 22.3 Å². The molecular weight excluding hydrogens is 214 g/mol. The smallest absolute Gasteiger partial charge is 0.156 e. The molecule has 2 heterocycles. The minimum absolute atomic E-state index is 0.655. The van der Waals surface area contributed by atoms with Crippen LogP contribution in [0.15, 0.2) is 43.0 Å². The molecule has 0 fully saturated rings. The molecular formula is C12H11N5. The molecule has 2 N–H and O–H groups in total. The molecule has 17 heavy (non-hydrogen) atoms. The number of hydrogen-bond acceptors (Lipinski definition) is 4. The first kappa shape index (κ1) is 9.77. The average Bonchev–Trinajstić information content (AvgIpc) is 2.89. The van der Waals surface area contributed by atoms with Gasteiger partial charge in [0.1, 0.15) is 0 Å². The van der Waals surface area contributed by atoms with Crippen molar-refractivity contribution >= 4 is 16.6 Å². The second-order valence-corrected chi connectivity index (χ2v) is 3.71. The topological polar surface area (TPSA) is 66.5 Å². The molecule has 0 aliphatic rings. The maximum Gasteiger partial charge on any atom is 0.156 e. The monoisotopic (exact) mass is 225 g/mol. The third-order valence-electron chi connectivity index (χ3n) is 2.57. The quantitative estimate of drug-likeness (QED) is 0.715. The number of nitrogens with one attached hydrogen (secondary N) is 2. The van der Waals surface area contributed by atoms with Gasteiger partial charge in [0.2, 0.25) is 0 Å². The Morgan fingerprint density at radius 3 is 3.00 bits per heavy atom. The number of fused-ring (bicyclic) bond motifs is 1. The van der Waals surface area contributed by atoms with E-state index in [1.54, 1.807) is 18.7 Å². The summed E-state index contributed by atoms with van der Waals surface area (Å²) < 4.78 is 0. The molecule has 0 spiro atoms. The van der Waals surface area contributed by atoms with Gasteiger partial charge < -0.3 is 10.3 Å². The van der Waals surface area contributed by atoms with Crippen molar-refractivity contribution in [3.05, 3.63) is 48.7 Å². The largest absolute Gasteiger partial charge is 0.362 e. The average molecular weight is 225 g/mol. The molecule has 0 saturated heterocycles. The van der Waals surface area contributed by atoms with Crippen molar-refractivity contribution in [1.29, 1.82) is 0 Å². The van der Waals surface area contributed by atoms with Gasteiger partial charge in [-0.15, -0.1) is 5.10 Å². The molecule has 0 unspecified atom stereocenters. The first-order valence-corrected chi connectivity index (χ1v) is 5.35. The SMILES string of the molecule is c1ccc2c(NCc3cnc[nH]3)nncc2c1. The summed E-state index contributed by atoms with van der Waals surface area (Å²) in [5.41, 5.74) is 1.01. The van der Waals surface area contributed by atoms with Gasteiger partial charge in [-0.05, 0) is 0 Å². The Kier molecular flexibility index (Phi) is 2.42. The molecule has 0 aliphatic carbocycles. The van der Waals surface area contributed by atoms with Crippen molar-refractivity contribution < 1.29 is 0 Å². The van der Waals surface area contributed by atoms with Gasteiger partial charge in [-0.25, -0.2) is 4.98 Å². The summed E-state index contributed by atoms with van der Waals surface area (Å²) in [5, 5.41) is 13.5. The van der Waals surface area contributed by atoms with Crippen LogP contribution in [0.1, 0.15) is 5.69 Å². The third-order valence-corrected chi connectivity index (χ3v) is 2.57. The van der Waals surface area contributed by atoms with Crippen molar-refractivity contribution in [2.24, 2.45) is 0 Å². The lowest BCUT2D eigenvalue weighted by atomic mass is 10.2. The summed E-state index contributed by atoms with van der Waals surface area (Å²) in [6.07, 6.45) is 5.20. The summed E-state index contributed by atoms with van der Waals surface area (Å²) in [4.78, 5) is 7.00. The Balaban J connectivity index is 1.90. The second-order valence-electron chi connectivity index (χ2n) is 3.71. The number of aromatic nitrogens is 4. The minimum atomic E-state index is 0.655. The summed E-state index contributed by atoms with van der Waals surface area (Å²) in [5.74, 6) is 0.790. The molecule has 0 atom stereocenters. The first-order valence-electron chi connectivity index (χ1n) is 5.35. The fraction of sp³-hybridized carbons (Fsp3) is 0.0833. The molecule has 0 amide bonds. The fourth-order valence-corrected chi connectivity index (χ4v) is 1.72. The van der Waals surface area contributed by atoms with Gasteiger partial charge >= 0.3 is 0 Å². The van der Waals surface area contributed by atoms with Crippen molar-refractivity contribution in [1.82, 2.24) is 20.2 Å². The van der Waals surface area contributed by atoms with E-state index in [0.29, 0.717) is 6.54 Å². The van der Waals surface area contributed by atoms with Gasteiger partial charge in [0.25, 0.3) is 0 Å². The molecule has 84 valence electrons. The lowest BCUT2D eigenvalue weighted by Gasteiger charge is -2.06. The van der Waals surface area contributed by atoms with E-state index < -0.39 is 0 Å². The van der Waals surface area contributed by atoms with Crippen LogP contribution in [0, 0.1) is 0 Å². The number of H-pyrrole nitrogens is 1. The molecule has 0 saturated carbocycles. The maximum atomic E-state index is 4.11. The number of aromatic amines is 1. The van der Waals surface area contributed by atoms with E-state index in [-0.39, 0.29) is 0 Å². The van der Waals surface area contributed by atoms with Gasteiger partial charge in [0, 0.05) is 17.0 Å². The minimum Gasteiger partial charge on any atom is -0.362 e. The normalized spacial score (nSPS) is 10.6. The van der Waals surface area contributed by atoms with Gasteiger partial charge in [0.15, 0.2) is 5.82 Å². The van der Waals surface area contributed by atoms with E-state index in [2.05, 4.69) is 25.5 Å². The van der Waals surface area contributed by atoms with Gasteiger partial charge in [-0.2, -0.15) is 5.10 Å². The van der Waals surface area contributed by atoms with Crippen LogP contribution in [0.5, 0.6) is 0 Å². The molecule has 5 nitrogen and oxygen atoms in total. The first-order chi connectivity index (χ1) is 8.43. The highest BCUT2D eigenvalue weighted by atomic mass is 15.2. The number of nitrogens with zero attached hydrogens (tertiary/aromatic N) is 3. The Bertz CT molecular complexity index is 612. The Labute approximate surface area is 97.9 Å². The lowest BCUT2D eigenvalue weighted by molar-refractivity contribution is 0.999. The lowest BCUT2D eigenvalue weighted by Crippen LogP contribution is -2.03. The molecule has 5 heteroatoms. The van der Waals surface area contributed by atoms with E-state index in [1.807, 2.05) is 24.3 Å². The van der Waals surface area contributed by atoms with E-state index in [1.165, 1.54) is 0 Å². The van der Waals surface area contributed by atoms with Crippen molar-refractivity contribution in [2.45, 2.75) is 6.54 Å². The number of rotatable bonds is 3. The number of hydrogen-bond donors (Lipinski definition) is 2. The molecule has 2 aromatic heterocycles. The van der Waals surface area contributed by atoms with Crippen LogP contribution in [-0.2, 0) is 6.54 Å². The summed E-state index contributed by atoms with van der Waals surface area (Å²) >= 11 is 0. The van der Waals surface area contributed by atoms with Gasteiger partial charge in [-0.1, -0.05) is 24.3 Å².